The van der Waals surface area contributed by atoms with E-state index in [2.05, 4.69) is 31.3 Å². The fourth-order valence-corrected chi connectivity index (χ4v) is 8.92. The first-order chi connectivity index (χ1) is 19.4. The summed E-state index contributed by atoms with van der Waals surface area (Å²) < 4.78 is 0. The minimum Gasteiger partial charge on any atom is -0.338 e. The smallest absolute Gasteiger partial charge is 0.246 e. The minimum absolute atomic E-state index is 0.0220. The van der Waals surface area contributed by atoms with E-state index in [1.54, 1.807) is 22.7 Å². The van der Waals surface area contributed by atoms with Crippen molar-refractivity contribution >= 4 is 40.3 Å². The number of hydrogen-bond acceptors (Lipinski definition) is 6. The molecule has 6 rings (SSSR count). The third-order valence-electron chi connectivity index (χ3n) is 9.15. The standard InChI is InChI=1S/C32H37N3O3S2/c1-19-7-4-5-10-23(19)28(36)24-25(29-20(2)11-17-39-29)27(32(38)34-15-13-33-14-16-34)35(31(37)22-8-6-9-22)26(24)30-21(3)12-18-40-30/h4-5,7,10-12,17-18,22,24-27,33H,6,8-9,13-16H2,1-3H3. The van der Waals surface area contributed by atoms with Crippen LogP contribution in [0.1, 0.15) is 68.0 Å². The van der Waals surface area contributed by atoms with E-state index in [-0.39, 0.29) is 23.5 Å². The number of carbonyl (C=O) groups is 3. The quantitative estimate of drug-likeness (QED) is 0.394. The Morgan fingerprint density at radius 2 is 1.48 bits per heavy atom. The van der Waals surface area contributed by atoms with Crippen molar-refractivity contribution in [1.82, 2.24) is 15.1 Å². The second-order valence-corrected chi connectivity index (χ2v) is 13.4. The Labute approximate surface area is 244 Å². The largest absolute Gasteiger partial charge is 0.338 e. The van der Waals surface area contributed by atoms with Gasteiger partial charge in [-0.25, -0.2) is 0 Å². The molecule has 2 saturated heterocycles. The molecule has 210 valence electrons. The fraction of sp³-hybridized carbons (Fsp3) is 0.469. The van der Waals surface area contributed by atoms with Crippen LogP contribution in [0.15, 0.2) is 47.2 Å². The summed E-state index contributed by atoms with van der Waals surface area (Å²) in [5.41, 5.74) is 3.75. The molecule has 2 aromatic heterocycles. The van der Waals surface area contributed by atoms with Gasteiger partial charge in [0.2, 0.25) is 11.8 Å². The lowest BCUT2D eigenvalue weighted by atomic mass is 9.78. The molecule has 3 fully saturated rings. The second kappa shape index (κ2) is 11.2. The van der Waals surface area contributed by atoms with Gasteiger partial charge >= 0.3 is 0 Å². The molecule has 6 nitrogen and oxygen atoms in total. The average Bonchev–Trinajstić information content (AvgIpc) is 3.63. The fourth-order valence-electron chi connectivity index (χ4n) is 6.74. The summed E-state index contributed by atoms with van der Waals surface area (Å²) in [5.74, 6) is -1.01. The Kier molecular flexibility index (Phi) is 7.68. The van der Waals surface area contributed by atoms with E-state index in [1.807, 2.05) is 51.7 Å². The summed E-state index contributed by atoms with van der Waals surface area (Å²) in [7, 11) is 0. The number of carbonyl (C=O) groups excluding carboxylic acids is 3. The number of thiophene rings is 2. The van der Waals surface area contributed by atoms with Crippen molar-refractivity contribution in [3.63, 3.8) is 0 Å². The molecule has 2 amide bonds. The van der Waals surface area contributed by atoms with Gasteiger partial charge in [-0.05, 0) is 73.2 Å². The molecule has 2 aliphatic heterocycles. The van der Waals surface area contributed by atoms with E-state index < -0.39 is 23.9 Å². The second-order valence-electron chi connectivity index (χ2n) is 11.5. The lowest BCUT2D eigenvalue weighted by Crippen LogP contribution is -2.55. The number of ketones is 1. The van der Waals surface area contributed by atoms with Gasteiger partial charge in [0.25, 0.3) is 0 Å². The number of nitrogens with zero attached hydrogens (tertiary/aromatic N) is 2. The SMILES string of the molecule is Cc1ccccc1C(=O)C1C(c2sccc2C)C(C(=O)N2CCNCC2)N(C(=O)C2CCC2)C1c1sccc1C. The van der Waals surface area contributed by atoms with Gasteiger partial charge in [-0.15, -0.1) is 22.7 Å². The van der Waals surface area contributed by atoms with Crippen LogP contribution in [0, 0.1) is 32.6 Å². The monoisotopic (exact) mass is 575 g/mol. The van der Waals surface area contributed by atoms with Gasteiger partial charge < -0.3 is 15.1 Å². The van der Waals surface area contributed by atoms with Crippen molar-refractivity contribution in [2.45, 2.75) is 58.0 Å². The highest BCUT2D eigenvalue weighted by molar-refractivity contribution is 7.10. The number of nitrogens with one attached hydrogen (secondary N) is 1. The van der Waals surface area contributed by atoms with Crippen LogP contribution in [0.2, 0.25) is 0 Å². The van der Waals surface area contributed by atoms with Crippen molar-refractivity contribution in [1.29, 1.82) is 0 Å². The number of benzene rings is 1. The molecule has 1 N–H and O–H groups in total. The summed E-state index contributed by atoms with van der Waals surface area (Å²) in [4.78, 5) is 49.8. The molecule has 8 heteroatoms. The van der Waals surface area contributed by atoms with Gasteiger partial charge in [-0.1, -0.05) is 30.7 Å². The van der Waals surface area contributed by atoms with E-state index in [0.717, 1.165) is 58.8 Å². The van der Waals surface area contributed by atoms with Crippen LogP contribution in [-0.4, -0.2) is 59.6 Å². The van der Waals surface area contributed by atoms with Crippen molar-refractivity contribution in [2.24, 2.45) is 11.8 Å². The van der Waals surface area contributed by atoms with E-state index in [4.69, 9.17) is 0 Å². The molecule has 4 atom stereocenters. The van der Waals surface area contributed by atoms with Gasteiger partial charge in [0.1, 0.15) is 6.04 Å². The van der Waals surface area contributed by atoms with Crippen LogP contribution in [0.3, 0.4) is 0 Å². The number of amides is 2. The maximum atomic E-state index is 14.8. The Bertz CT molecular complexity index is 1420. The van der Waals surface area contributed by atoms with Gasteiger partial charge in [-0.2, -0.15) is 0 Å². The number of aryl methyl sites for hydroxylation is 3. The molecule has 0 spiro atoms. The molecule has 40 heavy (non-hydrogen) atoms. The van der Waals surface area contributed by atoms with Crippen LogP contribution in [0.5, 0.6) is 0 Å². The van der Waals surface area contributed by atoms with Crippen molar-refractivity contribution in [3.05, 3.63) is 79.2 Å². The number of piperazine rings is 1. The topological polar surface area (TPSA) is 69.7 Å². The van der Waals surface area contributed by atoms with Crippen LogP contribution in [0.25, 0.3) is 0 Å². The lowest BCUT2D eigenvalue weighted by molar-refractivity contribution is -0.150. The Morgan fingerprint density at radius 3 is 2.05 bits per heavy atom. The molecule has 1 aromatic carbocycles. The minimum atomic E-state index is -0.715. The van der Waals surface area contributed by atoms with Crippen LogP contribution in [0.4, 0.5) is 0 Å². The Morgan fingerprint density at radius 1 is 0.825 bits per heavy atom. The maximum Gasteiger partial charge on any atom is 0.246 e. The van der Waals surface area contributed by atoms with Crippen LogP contribution < -0.4 is 5.32 Å². The predicted molar refractivity (Wildman–Crippen MR) is 160 cm³/mol. The lowest BCUT2D eigenvalue weighted by Gasteiger charge is -2.39. The normalized spacial score (nSPS) is 25.2. The molecule has 0 radical (unpaired) electrons. The highest BCUT2D eigenvalue weighted by Gasteiger charge is 2.60. The van der Waals surface area contributed by atoms with Crippen LogP contribution >= 0.6 is 22.7 Å². The van der Waals surface area contributed by atoms with Gasteiger partial charge in [0.15, 0.2) is 5.78 Å². The first-order valence-electron chi connectivity index (χ1n) is 14.4. The number of Topliss-reactive ketones (excluding diaryl/α,β-unsaturated/α-hetero) is 1. The summed E-state index contributed by atoms with van der Waals surface area (Å²) in [6.07, 6.45) is 2.72. The molecule has 3 aliphatic rings. The first kappa shape index (κ1) is 27.4. The molecule has 1 saturated carbocycles. The van der Waals surface area contributed by atoms with Crippen molar-refractivity contribution in [2.75, 3.05) is 26.2 Å². The molecular weight excluding hydrogens is 539 g/mol. The average molecular weight is 576 g/mol. The summed E-state index contributed by atoms with van der Waals surface area (Å²) in [6, 6.07) is 10.7. The highest BCUT2D eigenvalue weighted by Crippen LogP contribution is 2.55. The Balaban J connectivity index is 1.59. The molecular formula is C32H37N3O3S2. The zero-order chi connectivity index (χ0) is 28.0. The number of rotatable bonds is 6. The van der Waals surface area contributed by atoms with Gasteiger partial charge in [0.05, 0.1) is 12.0 Å². The van der Waals surface area contributed by atoms with E-state index in [9.17, 15) is 14.4 Å². The van der Waals surface area contributed by atoms with Crippen molar-refractivity contribution in [3.8, 4) is 0 Å². The third-order valence-corrected chi connectivity index (χ3v) is 11.4. The predicted octanol–water partition coefficient (Wildman–Crippen LogP) is 5.50. The molecule has 0 bridgehead atoms. The zero-order valence-corrected chi connectivity index (χ0v) is 25.0. The van der Waals surface area contributed by atoms with Gasteiger partial charge in [0, 0.05) is 53.3 Å². The summed E-state index contributed by atoms with van der Waals surface area (Å²) >= 11 is 3.21. The summed E-state index contributed by atoms with van der Waals surface area (Å²) in [5, 5.41) is 7.44. The van der Waals surface area contributed by atoms with E-state index in [1.165, 1.54) is 0 Å². The molecule has 3 aromatic rings. The first-order valence-corrected chi connectivity index (χ1v) is 16.1. The summed E-state index contributed by atoms with van der Waals surface area (Å²) in [6.45, 7) is 8.78. The number of likely N-dealkylation sites (tertiary alicyclic amines) is 1. The van der Waals surface area contributed by atoms with E-state index >= 15 is 0 Å². The van der Waals surface area contributed by atoms with Crippen molar-refractivity contribution < 1.29 is 14.4 Å². The third kappa shape index (κ3) is 4.64. The molecule has 1 aliphatic carbocycles. The zero-order valence-electron chi connectivity index (χ0n) is 23.4. The molecule has 4 unspecified atom stereocenters. The maximum absolute atomic E-state index is 14.8. The highest BCUT2D eigenvalue weighted by atomic mass is 32.1. The molecule has 4 heterocycles. The van der Waals surface area contributed by atoms with Gasteiger partial charge in [-0.3, -0.25) is 14.4 Å². The van der Waals surface area contributed by atoms with Crippen LogP contribution in [-0.2, 0) is 9.59 Å². The Hall–Kier alpha value is -2.81. The number of hydrogen-bond donors (Lipinski definition) is 1. The van der Waals surface area contributed by atoms with E-state index in [0.29, 0.717) is 18.7 Å².